The van der Waals surface area contributed by atoms with Gasteiger partial charge in [0.2, 0.25) is 11.8 Å². The Labute approximate surface area is 155 Å². The van der Waals surface area contributed by atoms with Crippen molar-refractivity contribution < 1.29 is 23.5 Å². The fourth-order valence-electron chi connectivity index (χ4n) is 2.82. The van der Waals surface area contributed by atoms with Crippen molar-refractivity contribution in [3.63, 3.8) is 0 Å². The number of amides is 3. The minimum absolute atomic E-state index is 0.0456. The van der Waals surface area contributed by atoms with Crippen LogP contribution in [0, 0.1) is 11.7 Å². The zero-order valence-corrected chi connectivity index (χ0v) is 14.6. The topological polar surface area (TPSA) is 87.7 Å². The van der Waals surface area contributed by atoms with Crippen LogP contribution in [0.4, 0.5) is 10.1 Å². The molecule has 0 saturated carbocycles. The first-order valence-corrected chi connectivity index (χ1v) is 8.28. The van der Waals surface area contributed by atoms with Gasteiger partial charge in [-0.1, -0.05) is 12.1 Å². The summed E-state index contributed by atoms with van der Waals surface area (Å²) in [6.07, 6.45) is -0.0570. The molecule has 0 bridgehead atoms. The molecule has 8 heteroatoms. The average molecular weight is 371 g/mol. The third-order valence-corrected chi connectivity index (χ3v) is 4.29. The van der Waals surface area contributed by atoms with E-state index in [1.54, 1.807) is 30.3 Å². The van der Waals surface area contributed by atoms with E-state index in [9.17, 15) is 18.8 Å². The fraction of sp³-hybridized carbons (Fsp3) is 0.211. The number of methoxy groups -OCH3 is 1. The van der Waals surface area contributed by atoms with Crippen LogP contribution < -0.4 is 20.5 Å². The summed E-state index contributed by atoms with van der Waals surface area (Å²) in [4.78, 5) is 37.7. The Morgan fingerprint density at radius 2 is 1.81 bits per heavy atom. The van der Waals surface area contributed by atoms with Gasteiger partial charge in [-0.05, 0) is 36.4 Å². The molecule has 27 heavy (non-hydrogen) atoms. The first-order chi connectivity index (χ1) is 13.0. The highest BCUT2D eigenvalue weighted by Gasteiger charge is 2.36. The van der Waals surface area contributed by atoms with Gasteiger partial charge in [-0.2, -0.15) is 0 Å². The second-order valence-electron chi connectivity index (χ2n) is 6.03. The number of nitrogens with one attached hydrogen (secondary N) is 2. The van der Waals surface area contributed by atoms with Gasteiger partial charge in [0.25, 0.3) is 5.91 Å². The summed E-state index contributed by atoms with van der Waals surface area (Å²) >= 11 is 0. The highest BCUT2D eigenvalue weighted by molar-refractivity contribution is 6.01. The predicted molar refractivity (Wildman–Crippen MR) is 95.5 cm³/mol. The highest BCUT2D eigenvalue weighted by atomic mass is 19.1. The van der Waals surface area contributed by atoms with Crippen LogP contribution in [0.2, 0.25) is 0 Å². The van der Waals surface area contributed by atoms with Crippen molar-refractivity contribution in [2.24, 2.45) is 5.92 Å². The zero-order chi connectivity index (χ0) is 19.4. The lowest BCUT2D eigenvalue weighted by Gasteiger charge is -2.17. The molecule has 2 N–H and O–H groups in total. The zero-order valence-electron chi connectivity index (χ0n) is 14.6. The molecule has 2 aromatic rings. The van der Waals surface area contributed by atoms with Crippen molar-refractivity contribution in [1.29, 1.82) is 0 Å². The molecule has 1 aliphatic rings. The van der Waals surface area contributed by atoms with Crippen LogP contribution in [0.25, 0.3) is 0 Å². The molecule has 2 aromatic carbocycles. The largest absolute Gasteiger partial charge is 0.497 e. The smallest absolute Gasteiger partial charge is 0.269 e. The Balaban J connectivity index is 1.57. The highest BCUT2D eigenvalue weighted by Crippen LogP contribution is 2.27. The Hall–Kier alpha value is -3.42. The normalized spacial score (nSPS) is 16.1. The van der Waals surface area contributed by atoms with Gasteiger partial charge in [-0.3, -0.25) is 25.2 Å². The molecule has 3 rings (SSSR count). The molecule has 140 valence electrons. The monoisotopic (exact) mass is 371 g/mol. The van der Waals surface area contributed by atoms with Crippen molar-refractivity contribution in [2.45, 2.75) is 6.42 Å². The van der Waals surface area contributed by atoms with E-state index in [0.717, 1.165) is 0 Å². The van der Waals surface area contributed by atoms with E-state index < -0.39 is 23.5 Å². The van der Waals surface area contributed by atoms with Gasteiger partial charge in [0.15, 0.2) is 0 Å². The van der Waals surface area contributed by atoms with Crippen LogP contribution in [-0.4, -0.2) is 31.4 Å². The van der Waals surface area contributed by atoms with Crippen LogP contribution in [0.5, 0.6) is 5.75 Å². The van der Waals surface area contributed by atoms with E-state index in [-0.39, 0.29) is 24.6 Å². The Bertz CT molecular complexity index is 870. The summed E-state index contributed by atoms with van der Waals surface area (Å²) in [5, 5.41) is 0. The standard InChI is InChI=1S/C19H18FN3O4/c1-27-14-8-6-12(7-9-14)18(25)21-22-19(26)13-10-17(24)23(11-13)16-5-3-2-4-15(16)20/h2-9,13H,10-11H2,1H3,(H,21,25)(H,22,26)/t13-/m0/s1. The van der Waals surface area contributed by atoms with Crippen LogP contribution in [0.1, 0.15) is 16.8 Å². The first kappa shape index (κ1) is 18.4. The number of halogens is 1. The van der Waals surface area contributed by atoms with E-state index in [1.165, 1.54) is 30.2 Å². The maximum absolute atomic E-state index is 13.9. The molecule has 0 aliphatic carbocycles. The minimum atomic E-state index is -0.687. The number of nitrogens with zero attached hydrogens (tertiary/aromatic N) is 1. The van der Waals surface area contributed by atoms with Gasteiger partial charge in [0.1, 0.15) is 11.6 Å². The van der Waals surface area contributed by atoms with Gasteiger partial charge < -0.3 is 9.64 Å². The number of anilines is 1. The third-order valence-electron chi connectivity index (χ3n) is 4.29. The number of rotatable bonds is 4. The van der Waals surface area contributed by atoms with E-state index >= 15 is 0 Å². The molecule has 3 amide bonds. The first-order valence-electron chi connectivity index (χ1n) is 8.28. The second-order valence-corrected chi connectivity index (χ2v) is 6.03. The number of hydrogen-bond donors (Lipinski definition) is 2. The molecule has 7 nitrogen and oxygen atoms in total. The van der Waals surface area contributed by atoms with Crippen LogP contribution in [-0.2, 0) is 9.59 Å². The molecule has 0 radical (unpaired) electrons. The van der Waals surface area contributed by atoms with Gasteiger partial charge in [0, 0.05) is 18.5 Å². The molecule has 0 aromatic heterocycles. The average Bonchev–Trinajstić information content (AvgIpc) is 3.08. The number of hydrogen-bond acceptors (Lipinski definition) is 4. The summed E-state index contributed by atoms with van der Waals surface area (Å²) in [5.41, 5.74) is 5.11. The van der Waals surface area contributed by atoms with Gasteiger partial charge in [0.05, 0.1) is 18.7 Å². The summed E-state index contributed by atoms with van der Waals surface area (Å²) in [5.74, 6) is -1.96. The lowest BCUT2D eigenvalue weighted by Crippen LogP contribution is -2.45. The predicted octanol–water partition coefficient (Wildman–Crippen LogP) is 1.65. The second kappa shape index (κ2) is 7.86. The van der Waals surface area contributed by atoms with E-state index in [0.29, 0.717) is 11.3 Å². The van der Waals surface area contributed by atoms with Gasteiger partial charge >= 0.3 is 0 Å². The van der Waals surface area contributed by atoms with Crippen molar-refractivity contribution in [1.82, 2.24) is 10.9 Å². The van der Waals surface area contributed by atoms with E-state index in [4.69, 9.17) is 4.74 Å². The number of carbonyl (C=O) groups is 3. The third kappa shape index (κ3) is 4.05. The van der Waals surface area contributed by atoms with Gasteiger partial charge in [-0.15, -0.1) is 0 Å². The van der Waals surface area contributed by atoms with E-state index in [1.807, 2.05) is 0 Å². The summed E-state index contributed by atoms with van der Waals surface area (Å²) < 4.78 is 18.9. The van der Waals surface area contributed by atoms with Crippen molar-refractivity contribution >= 4 is 23.4 Å². The molecular formula is C19H18FN3O4. The van der Waals surface area contributed by atoms with Crippen LogP contribution in [0.3, 0.4) is 0 Å². The van der Waals surface area contributed by atoms with Crippen LogP contribution in [0.15, 0.2) is 48.5 Å². The Morgan fingerprint density at radius 3 is 2.48 bits per heavy atom. The summed E-state index contributed by atoms with van der Waals surface area (Å²) in [7, 11) is 1.52. The Kier molecular flexibility index (Phi) is 5.35. The maximum atomic E-state index is 13.9. The van der Waals surface area contributed by atoms with Crippen molar-refractivity contribution in [3.8, 4) is 5.75 Å². The van der Waals surface area contributed by atoms with Gasteiger partial charge in [-0.25, -0.2) is 4.39 Å². The number of ether oxygens (including phenoxy) is 1. The van der Waals surface area contributed by atoms with Crippen molar-refractivity contribution in [3.05, 3.63) is 59.9 Å². The fourth-order valence-corrected chi connectivity index (χ4v) is 2.82. The van der Waals surface area contributed by atoms with E-state index in [2.05, 4.69) is 10.9 Å². The number of benzene rings is 2. The number of para-hydroxylation sites is 1. The molecule has 0 spiro atoms. The summed E-state index contributed by atoms with van der Waals surface area (Å²) in [6.45, 7) is 0.0456. The number of carbonyl (C=O) groups excluding carboxylic acids is 3. The molecule has 1 saturated heterocycles. The van der Waals surface area contributed by atoms with Crippen LogP contribution >= 0.6 is 0 Å². The lowest BCUT2D eigenvalue weighted by atomic mass is 10.1. The molecule has 1 fully saturated rings. The lowest BCUT2D eigenvalue weighted by molar-refractivity contribution is -0.126. The van der Waals surface area contributed by atoms with Crippen molar-refractivity contribution in [2.75, 3.05) is 18.6 Å². The number of hydrazine groups is 1. The molecule has 1 heterocycles. The molecule has 0 unspecified atom stereocenters. The Morgan fingerprint density at radius 1 is 1.11 bits per heavy atom. The molecule has 1 aliphatic heterocycles. The minimum Gasteiger partial charge on any atom is -0.497 e. The molecular weight excluding hydrogens is 353 g/mol. The SMILES string of the molecule is COc1ccc(C(=O)NNC(=O)[C@H]2CC(=O)N(c3ccccc3F)C2)cc1. The quantitative estimate of drug-likeness (QED) is 0.800. The summed E-state index contributed by atoms with van der Waals surface area (Å²) in [6, 6.07) is 12.2. The maximum Gasteiger partial charge on any atom is 0.269 e. The molecule has 1 atom stereocenters.